The monoisotopic (exact) mass is 327 g/mol. The van der Waals surface area contributed by atoms with E-state index < -0.39 is 0 Å². The Morgan fingerprint density at radius 1 is 1.04 bits per heavy atom. The van der Waals surface area contributed by atoms with Crippen molar-refractivity contribution in [1.82, 2.24) is 10.9 Å². The molecule has 3 N–H and O–H groups in total. The summed E-state index contributed by atoms with van der Waals surface area (Å²) in [5, 5.41) is 3.37. The molecular weight excluding hydrogens is 306 g/mol. The van der Waals surface area contributed by atoms with Crippen molar-refractivity contribution in [1.29, 1.82) is 0 Å². The summed E-state index contributed by atoms with van der Waals surface area (Å²) in [5.41, 5.74) is 10.1. The quantitative estimate of drug-likeness (QED) is 0.597. The predicted octanol–water partition coefficient (Wildman–Crippen LogP) is 3.50. The highest BCUT2D eigenvalue weighted by Crippen LogP contribution is 2.11. The zero-order valence-electron chi connectivity index (χ0n) is 13.6. The van der Waals surface area contributed by atoms with Crippen molar-refractivity contribution in [3.05, 3.63) is 64.7 Å². The first kappa shape index (κ1) is 17.0. The number of hydrogen-bond donors (Lipinski definition) is 3. The Balaban J connectivity index is 1.89. The van der Waals surface area contributed by atoms with Gasteiger partial charge in [-0.05, 0) is 61.8 Å². The first-order valence-corrected chi connectivity index (χ1v) is 7.94. The number of benzene rings is 2. The summed E-state index contributed by atoms with van der Waals surface area (Å²) in [5.74, 6) is -0.215. The van der Waals surface area contributed by atoms with E-state index in [9.17, 15) is 4.79 Å². The number of hydrogen-bond acceptors (Lipinski definition) is 2. The van der Waals surface area contributed by atoms with E-state index in [4.69, 9.17) is 12.2 Å². The highest BCUT2D eigenvalue weighted by Gasteiger charge is 2.09. The molecule has 0 aliphatic rings. The summed E-state index contributed by atoms with van der Waals surface area (Å²) in [7, 11) is 0. The molecule has 2 rings (SSSR count). The second-order valence-corrected chi connectivity index (χ2v) is 5.81. The smallest absolute Gasteiger partial charge is 0.269 e. The normalized spacial score (nSPS) is 10.0. The van der Waals surface area contributed by atoms with Gasteiger partial charge in [0, 0.05) is 11.3 Å². The van der Waals surface area contributed by atoms with E-state index in [-0.39, 0.29) is 5.91 Å². The number of thiocarbonyl (C=S) groups is 1. The van der Waals surface area contributed by atoms with Gasteiger partial charge < -0.3 is 5.32 Å². The highest BCUT2D eigenvalue weighted by atomic mass is 32.1. The molecule has 0 heterocycles. The zero-order chi connectivity index (χ0) is 16.8. The molecule has 0 bridgehead atoms. The number of rotatable bonds is 3. The maximum absolute atomic E-state index is 12.2. The molecule has 120 valence electrons. The third-order valence-corrected chi connectivity index (χ3v) is 3.74. The number of hydrazine groups is 1. The van der Waals surface area contributed by atoms with E-state index in [1.54, 1.807) is 0 Å². The molecule has 0 fully saturated rings. The highest BCUT2D eigenvalue weighted by molar-refractivity contribution is 7.80. The molecule has 0 aliphatic heterocycles. The van der Waals surface area contributed by atoms with Gasteiger partial charge in [-0.1, -0.05) is 36.8 Å². The van der Waals surface area contributed by atoms with Crippen molar-refractivity contribution in [2.75, 3.05) is 5.32 Å². The van der Waals surface area contributed by atoms with Crippen LogP contribution in [0.5, 0.6) is 0 Å². The standard InChI is InChI=1S/C18H21N3OS/c1-4-14-6-8-15(9-7-14)19-18(23)21-20-17(22)16-10-5-12(2)11-13(16)3/h5-11H,4H2,1-3H3,(H,20,22)(H2,19,21,23). The first-order chi connectivity index (χ1) is 11.0. The van der Waals surface area contributed by atoms with Crippen LogP contribution in [0.2, 0.25) is 0 Å². The summed E-state index contributed by atoms with van der Waals surface area (Å²) in [4.78, 5) is 12.2. The van der Waals surface area contributed by atoms with Crippen LogP contribution < -0.4 is 16.2 Å². The molecule has 0 spiro atoms. The van der Waals surface area contributed by atoms with Crippen LogP contribution in [0, 0.1) is 13.8 Å². The second kappa shape index (κ2) is 7.74. The summed E-state index contributed by atoms with van der Waals surface area (Å²) in [6.45, 7) is 6.01. The average Bonchev–Trinajstić information content (AvgIpc) is 2.53. The number of amides is 1. The van der Waals surface area contributed by atoms with Gasteiger partial charge in [-0.25, -0.2) is 0 Å². The van der Waals surface area contributed by atoms with Gasteiger partial charge in [0.15, 0.2) is 5.11 Å². The predicted molar refractivity (Wildman–Crippen MR) is 98.6 cm³/mol. The lowest BCUT2D eigenvalue weighted by atomic mass is 10.1. The van der Waals surface area contributed by atoms with Crippen LogP contribution in [0.4, 0.5) is 5.69 Å². The molecule has 4 nitrogen and oxygen atoms in total. The minimum absolute atomic E-state index is 0.215. The van der Waals surface area contributed by atoms with Gasteiger partial charge in [0.25, 0.3) is 5.91 Å². The molecule has 0 atom stereocenters. The Morgan fingerprint density at radius 2 is 1.74 bits per heavy atom. The molecule has 0 saturated heterocycles. The van der Waals surface area contributed by atoms with E-state index in [2.05, 4.69) is 23.1 Å². The number of aryl methyl sites for hydroxylation is 3. The van der Waals surface area contributed by atoms with Gasteiger partial charge in [0.2, 0.25) is 0 Å². The van der Waals surface area contributed by atoms with Gasteiger partial charge >= 0.3 is 0 Å². The SMILES string of the molecule is CCc1ccc(NC(=S)NNC(=O)c2ccc(C)cc2C)cc1. The van der Waals surface area contributed by atoms with Crippen molar-refractivity contribution in [3.63, 3.8) is 0 Å². The lowest BCUT2D eigenvalue weighted by Gasteiger charge is -2.13. The van der Waals surface area contributed by atoms with E-state index in [0.29, 0.717) is 10.7 Å². The van der Waals surface area contributed by atoms with Gasteiger partial charge in [0.1, 0.15) is 0 Å². The fourth-order valence-electron chi connectivity index (χ4n) is 2.24. The van der Waals surface area contributed by atoms with Crippen molar-refractivity contribution >= 4 is 28.9 Å². The summed E-state index contributed by atoms with van der Waals surface area (Å²) >= 11 is 5.18. The Hall–Kier alpha value is -2.40. The summed E-state index contributed by atoms with van der Waals surface area (Å²) in [6.07, 6.45) is 0.995. The Kier molecular flexibility index (Phi) is 5.71. The molecule has 2 aromatic rings. The van der Waals surface area contributed by atoms with Crippen LogP contribution in [0.15, 0.2) is 42.5 Å². The van der Waals surface area contributed by atoms with Crippen molar-refractivity contribution in [2.24, 2.45) is 0 Å². The second-order valence-electron chi connectivity index (χ2n) is 5.40. The summed E-state index contributed by atoms with van der Waals surface area (Å²) in [6, 6.07) is 13.7. The molecule has 5 heteroatoms. The minimum atomic E-state index is -0.215. The molecule has 0 aliphatic carbocycles. The number of carbonyl (C=O) groups is 1. The Morgan fingerprint density at radius 3 is 2.35 bits per heavy atom. The van der Waals surface area contributed by atoms with Crippen molar-refractivity contribution in [2.45, 2.75) is 27.2 Å². The van der Waals surface area contributed by atoms with Gasteiger partial charge in [-0.2, -0.15) is 0 Å². The number of anilines is 1. The molecule has 0 aromatic heterocycles. The third-order valence-electron chi connectivity index (χ3n) is 3.54. The number of carbonyl (C=O) groups excluding carboxylic acids is 1. The average molecular weight is 327 g/mol. The topological polar surface area (TPSA) is 53.2 Å². The summed E-state index contributed by atoms with van der Waals surface area (Å²) < 4.78 is 0. The molecule has 0 saturated carbocycles. The largest absolute Gasteiger partial charge is 0.331 e. The fourth-order valence-corrected chi connectivity index (χ4v) is 2.40. The van der Waals surface area contributed by atoms with Crippen LogP contribution in [-0.4, -0.2) is 11.0 Å². The van der Waals surface area contributed by atoms with Crippen LogP contribution in [0.3, 0.4) is 0 Å². The van der Waals surface area contributed by atoms with E-state index in [1.165, 1.54) is 5.56 Å². The molecule has 1 amide bonds. The Labute approximate surface area is 142 Å². The fraction of sp³-hybridized carbons (Fsp3) is 0.222. The van der Waals surface area contributed by atoms with E-state index in [1.807, 2.05) is 56.3 Å². The number of nitrogens with one attached hydrogen (secondary N) is 3. The van der Waals surface area contributed by atoms with Crippen molar-refractivity contribution in [3.8, 4) is 0 Å². The maximum atomic E-state index is 12.2. The minimum Gasteiger partial charge on any atom is -0.331 e. The molecule has 2 aromatic carbocycles. The Bertz CT molecular complexity index is 711. The molecule has 23 heavy (non-hydrogen) atoms. The molecule has 0 radical (unpaired) electrons. The zero-order valence-corrected chi connectivity index (χ0v) is 14.4. The third kappa shape index (κ3) is 4.79. The van der Waals surface area contributed by atoms with Crippen LogP contribution in [-0.2, 0) is 6.42 Å². The van der Waals surface area contributed by atoms with Gasteiger partial charge in [0.05, 0.1) is 0 Å². The van der Waals surface area contributed by atoms with Gasteiger partial charge in [-0.15, -0.1) is 0 Å². The first-order valence-electron chi connectivity index (χ1n) is 7.53. The lowest BCUT2D eigenvalue weighted by molar-refractivity contribution is 0.0943. The van der Waals surface area contributed by atoms with Crippen LogP contribution in [0.1, 0.15) is 34.0 Å². The maximum Gasteiger partial charge on any atom is 0.269 e. The van der Waals surface area contributed by atoms with Gasteiger partial charge in [-0.3, -0.25) is 15.6 Å². The molecule has 0 unspecified atom stereocenters. The van der Waals surface area contributed by atoms with E-state index >= 15 is 0 Å². The van der Waals surface area contributed by atoms with E-state index in [0.717, 1.165) is 23.2 Å². The van der Waals surface area contributed by atoms with Crippen LogP contribution >= 0.6 is 12.2 Å². The van der Waals surface area contributed by atoms with Crippen LogP contribution in [0.25, 0.3) is 0 Å². The van der Waals surface area contributed by atoms with Crippen molar-refractivity contribution < 1.29 is 4.79 Å². The molecular formula is C18H21N3OS. The lowest BCUT2D eigenvalue weighted by Crippen LogP contribution is -2.43.